The number of carbonyl (C=O) groups is 2. The molecule has 1 aliphatic rings. The van der Waals surface area contributed by atoms with Gasteiger partial charge in [-0.15, -0.1) is 5.10 Å². The zero-order valence-electron chi connectivity index (χ0n) is 16.1. The van der Waals surface area contributed by atoms with Gasteiger partial charge in [0.15, 0.2) is 16.7 Å². The Morgan fingerprint density at radius 1 is 1.17 bits per heavy atom. The Morgan fingerprint density at radius 3 is 2.52 bits per heavy atom. The van der Waals surface area contributed by atoms with E-state index in [0.29, 0.717) is 23.3 Å². The van der Waals surface area contributed by atoms with Gasteiger partial charge in [0.25, 0.3) is 0 Å². The highest BCUT2D eigenvalue weighted by Gasteiger charge is 2.32. The molecule has 0 bridgehead atoms. The predicted octanol–water partition coefficient (Wildman–Crippen LogP) is 4.04. The summed E-state index contributed by atoms with van der Waals surface area (Å²) in [6, 6.07) is 13.4. The fraction of sp³-hybridized carbons (Fsp3) is 0.250. The molecule has 9 heteroatoms. The molecule has 0 saturated carbocycles. The number of nitrogens with one attached hydrogen (secondary N) is 1. The normalized spacial score (nSPS) is 15.7. The Kier molecular flexibility index (Phi) is 6.81. The Balaban J connectivity index is 1.77. The van der Waals surface area contributed by atoms with E-state index in [1.165, 1.54) is 30.6 Å². The predicted molar refractivity (Wildman–Crippen MR) is 116 cm³/mol. The Morgan fingerprint density at radius 2 is 1.90 bits per heavy atom. The molecule has 0 fully saturated rings. The number of hydrogen-bond acceptors (Lipinski definition) is 6. The van der Waals surface area contributed by atoms with Crippen LogP contribution in [0.3, 0.4) is 0 Å². The quantitative estimate of drug-likeness (QED) is 0.702. The van der Waals surface area contributed by atoms with Gasteiger partial charge in [0.2, 0.25) is 11.8 Å². The lowest BCUT2D eigenvalue weighted by Crippen LogP contribution is -2.25. The molecule has 0 unspecified atom stereocenters. The third-order valence-corrected chi connectivity index (χ3v) is 5.66. The van der Waals surface area contributed by atoms with Crippen molar-refractivity contribution in [3.8, 4) is 11.5 Å². The van der Waals surface area contributed by atoms with Crippen molar-refractivity contribution in [1.29, 1.82) is 0 Å². The molecule has 1 heterocycles. The highest BCUT2D eigenvalue weighted by atomic mass is 79.9. The van der Waals surface area contributed by atoms with Crippen molar-refractivity contribution in [3.63, 3.8) is 0 Å². The minimum Gasteiger partial charge on any atom is -0.493 e. The minimum absolute atomic E-state index is 0.225. The van der Waals surface area contributed by atoms with E-state index in [0.717, 1.165) is 15.6 Å². The molecule has 0 spiro atoms. The van der Waals surface area contributed by atoms with Crippen molar-refractivity contribution < 1.29 is 19.1 Å². The number of amidine groups is 1. The number of halogens is 1. The molecule has 2 aromatic rings. The third kappa shape index (κ3) is 5.30. The molecular formula is C20H20BrN3O4S. The maximum absolute atomic E-state index is 12.0. The topological polar surface area (TPSA) is 80.2 Å². The van der Waals surface area contributed by atoms with Crippen LogP contribution in [-0.2, 0) is 16.2 Å². The molecule has 1 atom stereocenters. The smallest absolute Gasteiger partial charge is 0.241 e. The van der Waals surface area contributed by atoms with Crippen LogP contribution in [0.5, 0.6) is 11.5 Å². The number of hydrogen-bond donors (Lipinski definition) is 1. The molecule has 3 rings (SSSR count). The number of rotatable bonds is 5. The summed E-state index contributed by atoms with van der Waals surface area (Å²) in [7, 11) is 1.56. The van der Waals surface area contributed by atoms with Gasteiger partial charge in [-0.2, -0.15) is 0 Å². The van der Waals surface area contributed by atoms with Crippen LogP contribution in [0.1, 0.15) is 30.3 Å². The second-order valence-electron chi connectivity index (χ2n) is 6.25. The molecule has 7 nitrogen and oxygen atoms in total. The van der Waals surface area contributed by atoms with Crippen LogP contribution in [0.25, 0.3) is 0 Å². The molecule has 2 amide bonds. The first kappa shape index (κ1) is 21.2. The highest BCUT2D eigenvalue weighted by Crippen LogP contribution is 2.41. The summed E-state index contributed by atoms with van der Waals surface area (Å²) in [4.78, 5) is 23.3. The average molecular weight is 478 g/mol. The summed E-state index contributed by atoms with van der Waals surface area (Å²) in [6.45, 7) is 3.23. The van der Waals surface area contributed by atoms with E-state index in [1.807, 2.05) is 42.5 Å². The van der Waals surface area contributed by atoms with Crippen molar-refractivity contribution in [2.75, 3.05) is 7.11 Å². The van der Waals surface area contributed by atoms with Crippen molar-refractivity contribution in [2.24, 2.45) is 5.10 Å². The SMILES string of the molecule is COc1cc([C@@H]2SC(NC(C)=O)=NN2C(C)=O)ccc1OCc1ccc(Br)cc1. The second-order valence-corrected chi connectivity index (χ2v) is 8.23. The van der Waals surface area contributed by atoms with E-state index < -0.39 is 5.37 Å². The van der Waals surface area contributed by atoms with Gasteiger partial charge < -0.3 is 14.8 Å². The molecule has 29 heavy (non-hydrogen) atoms. The first-order valence-corrected chi connectivity index (χ1v) is 10.4. The largest absolute Gasteiger partial charge is 0.493 e. The van der Waals surface area contributed by atoms with Crippen LogP contribution >= 0.6 is 27.7 Å². The van der Waals surface area contributed by atoms with E-state index in [9.17, 15) is 9.59 Å². The zero-order chi connectivity index (χ0) is 21.0. The molecule has 152 valence electrons. The molecular weight excluding hydrogens is 458 g/mol. The van der Waals surface area contributed by atoms with Crippen molar-refractivity contribution >= 4 is 44.7 Å². The van der Waals surface area contributed by atoms with E-state index >= 15 is 0 Å². The first-order chi connectivity index (χ1) is 13.9. The van der Waals surface area contributed by atoms with Crippen molar-refractivity contribution in [2.45, 2.75) is 25.8 Å². The lowest BCUT2D eigenvalue weighted by atomic mass is 10.2. The molecule has 1 aliphatic heterocycles. The van der Waals surface area contributed by atoms with E-state index in [-0.39, 0.29) is 11.8 Å². The van der Waals surface area contributed by atoms with Crippen molar-refractivity contribution in [1.82, 2.24) is 10.3 Å². The van der Waals surface area contributed by atoms with Gasteiger partial charge in [-0.1, -0.05) is 45.9 Å². The standard InChI is InChI=1S/C20H20BrN3O4S/c1-12(25)22-20-23-24(13(2)26)19(29-20)15-6-9-17(18(10-15)27-3)28-11-14-4-7-16(21)8-5-14/h4-10,19H,11H2,1-3H3,(H,22,23,25)/t19-/m0/s1. The van der Waals surface area contributed by atoms with E-state index in [2.05, 4.69) is 26.3 Å². The van der Waals surface area contributed by atoms with Gasteiger partial charge in [0, 0.05) is 18.3 Å². The summed E-state index contributed by atoms with van der Waals surface area (Å²) < 4.78 is 12.4. The monoisotopic (exact) mass is 477 g/mol. The summed E-state index contributed by atoms with van der Waals surface area (Å²) in [5, 5.41) is 8.15. The summed E-state index contributed by atoms with van der Waals surface area (Å²) >= 11 is 4.70. The van der Waals surface area contributed by atoms with Crippen LogP contribution in [-0.4, -0.2) is 29.1 Å². The number of ether oxygens (including phenoxy) is 2. The second kappa shape index (κ2) is 9.32. The molecule has 1 N–H and O–H groups in total. The molecule has 0 aliphatic carbocycles. The number of amides is 2. The van der Waals surface area contributed by atoms with Crippen LogP contribution < -0.4 is 14.8 Å². The molecule has 2 aromatic carbocycles. The number of nitrogens with zero attached hydrogens (tertiary/aromatic N) is 2. The first-order valence-electron chi connectivity index (χ1n) is 8.75. The lowest BCUT2D eigenvalue weighted by Gasteiger charge is -2.20. The van der Waals surface area contributed by atoms with Gasteiger partial charge >= 0.3 is 0 Å². The van der Waals surface area contributed by atoms with E-state index in [4.69, 9.17) is 9.47 Å². The number of hydrazone groups is 1. The van der Waals surface area contributed by atoms with Gasteiger partial charge in [-0.3, -0.25) is 9.59 Å². The fourth-order valence-corrected chi connectivity index (χ4v) is 4.07. The summed E-state index contributed by atoms with van der Waals surface area (Å²) in [5.41, 5.74) is 1.84. The van der Waals surface area contributed by atoms with Gasteiger partial charge in [-0.25, -0.2) is 5.01 Å². The van der Waals surface area contributed by atoms with Crippen LogP contribution in [0, 0.1) is 0 Å². The summed E-state index contributed by atoms with van der Waals surface area (Å²) in [6.07, 6.45) is 0. The fourth-order valence-electron chi connectivity index (χ4n) is 2.68. The number of thioether (sulfide) groups is 1. The van der Waals surface area contributed by atoms with Gasteiger partial charge in [0.1, 0.15) is 12.0 Å². The summed E-state index contributed by atoms with van der Waals surface area (Å²) in [5.74, 6) is 0.684. The highest BCUT2D eigenvalue weighted by molar-refractivity contribution is 9.10. The zero-order valence-corrected chi connectivity index (χ0v) is 18.5. The van der Waals surface area contributed by atoms with E-state index in [1.54, 1.807) is 7.11 Å². The Hall–Kier alpha value is -2.52. The van der Waals surface area contributed by atoms with Crippen LogP contribution in [0.4, 0.5) is 0 Å². The maximum atomic E-state index is 12.0. The van der Waals surface area contributed by atoms with Gasteiger partial charge in [-0.05, 0) is 35.4 Å². The Labute approximate surface area is 181 Å². The third-order valence-electron chi connectivity index (χ3n) is 4.03. The number of benzene rings is 2. The van der Waals surface area contributed by atoms with Crippen molar-refractivity contribution in [3.05, 3.63) is 58.1 Å². The minimum atomic E-state index is -0.399. The van der Waals surface area contributed by atoms with Crippen LogP contribution in [0.15, 0.2) is 52.0 Å². The molecule has 0 radical (unpaired) electrons. The van der Waals surface area contributed by atoms with Gasteiger partial charge in [0.05, 0.1) is 7.11 Å². The molecule has 0 saturated heterocycles. The maximum Gasteiger partial charge on any atom is 0.241 e. The Bertz CT molecular complexity index is 949. The lowest BCUT2D eigenvalue weighted by molar-refractivity contribution is -0.129. The van der Waals surface area contributed by atoms with Crippen LogP contribution in [0.2, 0.25) is 0 Å². The average Bonchev–Trinajstić information content (AvgIpc) is 3.11. The molecule has 0 aromatic heterocycles. The number of carbonyl (C=O) groups excluding carboxylic acids is 2. The number of methoxy groups -OCH3 is 1.